The van der Waals surface area contributed by atoms with Gasteiger partial charge in [-0.05, 0) is 0 Å². The van der Waals surface area contributed by atoms with Crippen molar-refractivity contribution in [1.29, 1.82) is 0 Å². The molecule has 6 rings (SSSR count). The number of unbranched alkanes of at least 4 members (excludes halogenated alkanes) is 3. The van der Waals surface area contributed by atoms with Crippen LogP contribution in [0.4, 0.5) is 0 Å². The van der Waals surface area contributed by atoms with Gasteiger partial charge in [0.25, 0.3) is 0 Å². The van der Waals surface area contributed by atoms with Gasteiger partial charge in [0.15, 0.2) is 0 Å². The van der Waals surface area contributed by atoms with Crippen LogP contribution in [0.25, 0.3) is 0 Å². The molecule has 6 atom stereocenters. The Balaban J connectivity index is 1.78. The van der Waals surface area contributed by atoms with E-state index in [4.69, 9.17) is 9.47 Å². The van der Waals surface area contributed by atoms with Gasteiger partial charge in [0.2, 0.25) is 0 Å². The number of Topliss-reactive ketones (excluding diaryl/α,β-unsaturated/α-hetero) is 1. The Bertz CT molecular complexity index is 1030. The average molecular weight is 647 g/mol. The number of aliphatic hydroxyl groups is 1. The molecule has 0 unspecified atom stereocenters. The molecular weight excluding hydrogens is 595 g/mol. The molecule has 5 fully saturated rings. The zero-order valence-electron chi connectivity index (χ0n) is 25.2. The summed E-state index contributed by atoms with van der Waals surface area (Å²) < 4.78 is 20.2. The number of methoxy groups -OCH3 is 1. The molecule has 1 N–H and O–H groups in total. The van der Waals surface area contributed by atoms with E-state index in [1.165, 1.54) is 57.4 Å². The number of fused-ring (bicyclic) bond motifs is 3. The number of allylic oxidation sites excluding steroid dienone is 1. The zero-order valence-corrected chi connectivity index (χ0v) is 28.1. The topological polar surface area (TPSA) is 72.8 Å². The summed E-state index contributed by atoms with van der Waals surface area (Å²) in [5.74, 6) is -0.369. The predicted octanol–water partition coefficient (Wildman–Crippen LogP) is 7.23. The predicted molar refractivity (Wildman–Crippen MR) is 157 cm³/mol. The van der Waals surface area contributed by atoms with Crippen LogP contribution in [0.3, 0.4) is 0 Å². The van der Waals surface area contributed by atoms with Gasteiger partial charge in [-0.25, -0.2) is 0 Å². The van der Waals surface area contributed by atoms with E-state index in [-0.39, 0.29) is 17.6 Å². The van der Waals surface area contributed by atoms with Crippen molar-refractivity contribution in [2.24, 2.45) is 16.7 Å². The minimum absolute atomic E-state index is 0.0900. The van der Waals surface area contributed by atoms with Crippen molar-refractivity contribution in [3.05, 3.63) is 21.3 Å². The van der Waals surface area contributed by atoms with Gasteiger partial charge >= 0.3 is 241 Å². The van der Waals surface area contributed by atoms with Crippen molar-refractivity contribution in [3.63, 3.8) is 0 Å². The van der Waals surface area contributed by atoms with E-state index >= 15 is 0 Å². The third kappa shape index (κ3) is 4.09. The van der Waals surface area contributed by atoms with Crippen molar-refractivity contribution in [3.8, 4) is 0 Å². The van der Waals surface area contributed by atoms with Crippen LogP contribution in [-0.2, 0) is 19.1 Å². The third-order valence-corrected chi connectivity index (χ3v) is 26.4. The fourth-order valence-corrected chi connectivity index (χ4v) is 25.0. The number of ether oxygens (including phenoxy) is 2. The molecule has 5 nitrogen and oxygen atoms in total. The summed E-state index contributed by atoms with van der Waals surface area (Å²) in [6.07, 6.45) is 14.7. The number of rotatable bonds is 12. The molecule has 6 aliphatic rings. The first-order valence-electron chi connectivity index (χ1n) is 16.0. The van der Waals surface area contributed by atoms with E-state index in [9.17, 15) is 14.7 Å². The van der Waals surface area contributed by atoms with Gasteiger partial charge in [0.1, 0.15) is 0 Å². The molecule has 0 aromatic carbocycles. The molecule has 0 amide bonds. The summed E-state index contributed by atoms with van der Waals surface area (Å²) in [5, 5.41) is 12.5. The molecule has 0 aromatic heterocycles. The number of hydrogen-bond donors (Lipinski definition) is 1. The normalized spacial score (nSPS) is 41.9. The van der Waals surface area contributed by atoms with Crippen LogP contribution in [0.5, 0.6) is 0 Å². The van der Waals surface area contributed by atoms with Crippen LogP contribution >= 0.6 is 0 Å². The summed E-state index contributed by atoms with van der Waals surface area (Å²) >= 11 is -2.92. The second-order valence-electron chi connectivity index (χ2n) is 14.0. The van der Waals surface area contributed by atoms with Crippen LogP contribution in [0.15, 0.2) is 21.3 Å². The fourth-order valence-electron chi connectivity index (χ4n) is 9.63. The van der Waals surface area contributed by atoms with Gasteiger partial charge in [0.05, 0.1) is 0 Å². The van der Waals surface area contributed by atoms with Crippen molar-refractivity contribution < 1.29 is 24.2 Å². The maximum absolute atomic E-state index is 13.6. The first kappa shape index (κ1) is 30.0. The molecule has 2 heterocycles. The molecule has 3 saturated carbocycles. The SMILES string of the molecule is CCC[CH2][Sn]([CH]=C1C[C@]2(C=O)C(=O)CC[C@]2(O)C2=CC[C@@H]3C[C@@]4(OC)CC[C@]3(C)[C@@]12O4)([CH2]CCC)[CH2]CCC. The second-order valence-corrected chi connectivity index (χ2v) is 26.8. The number of carbonyl (C=O) groups excluding carboxylic acids is 2. The average Bonchev–Trinajstić information content (AvgIpc) is 3.19. The van der Waals surface area contributed by atoms with Crippen LogP contribution in [0.2, 0.25) is 13.3 Å². The van der Waals surface area contributed by atoms with Crippen LogP contribution in [0.1, 0.15) is 111 Å². The van der Waals surface area contributed by atoms with E-state index < -0.39 is 40.8 Å². The van der Waals surface area contributed by atoms with Crippen molar-refractivity contribution in [2.75, 3.05) is 7.11 Å². The second kappa shape index (κ2) is 10.6. The Morgan fingerprint density at radius 1 is 1.08 bits per heavy atom. The Kier molecular flexibility index (Phi) is 8.18. The quantitative estimate of drug-likeness (QED) is 0.105. The zero-order chi connectivity index (χ0) is 28.2. The van der Waals surface area contributed by atoms with Crippen LogP contribution < -0.4 is 0 Å². The molecule has 4 aliphatic carbocycles. The Morgan fingerprint density at radius 2 is 1.72 bits per heavy atom. The maximum atomic E-state index is 13.6. The standard InChI is InChI=1S/C21H25O5.3C4H9.Sn/c1-13-10-18(12-22)16(23)6-7-20(18,24)15-5-4-14-11-19(25-3)9-8-17(14,2)21(13,15)26-19;3*1-3-4-2;/h1,5,12,14,24H,4,6-11H2,2-3H3;3*1,3-4H2,2H3;/t14-,17+,18+,19-,20+,21-;;;;/m1..../s1. The summed E-state index contributed by atoms with van der Waals surface area (Å²) in [6, 6.07) is 0. The molecule has 2 saturated heterocycles. The molecular formula is C33H52O5Sn. The van der Waals surface area contributed by atoms with Crippen molar-refractivity contribution >= 4 is 30.4 Å². The molecule has 1 spiro atoms. The molecule has 0 radical (unpaired) electrons. The minimum atomic E-state index is -2.92. The molecule has 39 heavy (non-hydrogen) atoms. The summed E-state index contributed by atoms with van der Waals surface area (Å²) in [4.78, 5) is 26.6. The van der Waals surface area contributed by atoms with E-state index in [0.717, 1.165) is 37.5 Å². The fraction of sp³-hybridized carbons (Fsp3) is 0.818. The number of ketones is 1. The van der Waals surface area contributed by atoms with Crippen molar-refractivity contribution in [2.45, 2.75) is 141 Å². The van der Waals surface area contributed by atoms with Gasteiger partial charge in [0, 0.05) is 0 Å². The molecule has 6 heteroatoms. The molecule has 4 bridgehead atoms. The third-order valence-electron chi connectivity index (χ3n) is 12.1. The Morgan fingerprint density at radius 3 is 2.28 bits per heavy atom. The molecule has 0 aromatic rings. The van der Waals surface area contributed by atoms with Gasteiger partial charge in [-0.15, -0.1) is 0 Å². The number of hydrogen-bond acceptors (Lipinski definition) is 5. The monoisotopic (exact) mass is 648 g/mol. The van der Waals surface area contributed by atoms with E-state index in [2.05, 4.69) is 37.9 Å². The Hall–Kier alpha value is -0.501. The van der Waals surface area contributed by atoms with Crippen LogP contribution in [-0.4, -0.2) is 59.7 Å². The van der Waals surface area contributed by atoms with E-state index in [0.29, 0.717) is 18.8 Å². The molecule has 2 aliphatic heterocycles. The van der Waals surface area contributed by atoms with Gasteiger partial charge in [-0.2, -0.15) is 0 Å². The first-order chi connectivity index (χ1) is 18.6. The number of carbonyl (C=O) groups is 2. The number of aldehydes is 1. The van der Waals surface area contributed by atoms with Gasteiger partial charge < -0.3 is 0 Å². The summed E-state index contributed by atoms with van der Waals surface area (Å²) in [7, 11) is 1.77. The van der Waals surface area contributed by atoms with Crippen molar-refractivity contribution in [1.82, 2.24) is 0 Å². The van der Waals surface area contributed by atoms with Gasteiger partial charge in [-0.3, -0.25) is 0 Å². The first-order valence-corrected chi connectivity index (χ1v) is 23.7. The van der Waals surface area contributed by atoms with Gasteiger partial charge in [-0.1, -0.05) is 0 Å². The summed E-state index contributed by atoms with van der Waals surface area (Å²) in [5.41, 5.74) is -1.84. The summed E-state index contributed by atoms with van der Waals surface area (Å²) in [6.45, 7) is 9.26. The molecule has 218 valence electrons. The van der Waals surface area contributed by atoms with Crippen LogP contribution in [0, 0.1) is 16.7 Å². The van der Waals surface area contributed by atoms with E-state index in [1.807, 2.05) is 0 Å². The Labute approximate surface area is 240 Å². The van der Waals surface area contributed by atoms with E-state index in [1.54, 1.807) is 7.11 Å².